The lowest BCUT2D eigenvalue weighted by atomic mass is 9.95. The van der Waals surface area contributed by atoms with Crippen LogP contribution < -0.4 is 4.74 Å². The van der Waals surface area contributed by atoms with E-state index >= 15 is 0 Å². The molecule has 1 fully saturated rings. The van der Waals surface area contributed by atoms with Crippen LogP contribution in [0.25, 0.3) is 0 Å². The van der Waals surface area contributed by atoms with Crippen molar-refractivity contribution in [3.05, 3.63) is 39.9 Å². The Morgan fingerprint density at radius 1 is 1.27 bits per heavy atom. The van der Waals surface area contributed by atoms with E-state index in [1.807, 2.05) is 31.2 Å². The van der Waals surface area contributed by atoms with Gasteiger partial charge in [-0.1, -0.05) is 30.9 Å². The van der Waals surface area contributed by atoms with E-state index in [4.69, 9.17) is 28.6 Å². The molecule has 2 aromatic rings. The lowest BCUT2D eigenvalue weighted by molar-refractivity contribution is 0.202. The molecule has 1 N–H and O–H groups in total. The number of benzene rings is 1. The Balaban J connectivity index is 1.81. The van der Waals surface area contributed by atoms with E-state index in [2.05, 4.69) is 14.8 Å². The quantitative estimate of drug-likeness (QED) is 0.776. The van der Waals surface area contributed by atoms with Crippen LogP contribution in [-0.4, -0.2) is 14.8 Å². The molecule has 1 heterocycles. The molecule has 1 aliphatic rings. The van der Waals surface area contributed by atoms with Crippen molar-refractivity contribution in [1.82, 2.24) is 14.8 Å². The first-order chi connectivity index (χ1) is 10.6. The standard InChI is InChI=1S/C16H20ClN3OS/c1-11(21-14-9-7-12(17)8-10-14)15-18-19-16(22)20(15)13-5-3-2-4-6-13/h7-11,13H,2-6H2,1H3,(H,19,22). The van der Waals surface area contributed by atoms with Gasteiger partial charge in [0.25, 0.3) is 0 Å². The molecule has 4 nitrogen and oxygen atoms in total. The summed E-state index contributed by atoms with van der Waals surface area (Å²) in [7, 11) is 0. The minimum atomic E-state index is -0.170. The van der Waals surface area contributed by atoms with Gasteiger partial charge >= 0.3 is 0 Å². The zero-order valence-corrected chi connectivity index (χ0v) is 14.2. The van der Waals surface area contributed by atoms with Crippen LogP contribution in [0, 0.1) is 4.77 Å². The van der Waals surface area contributed by atoms with Crippen LogP contribution in [0.5, 0.6) is 5.75 Å². The van der Waals surface area contributed by atoms with Gasteiger partial charge < -0.3 is 4.74 Å². The number of aromatic amines is 1. The van der Waals surface area contributed by atoms with Gasteiger partial charge in [0, 0.05) is 11.1 Å². The smallest absolute Gasteiger partial charge is 0.195 e. The first-order valence-corrected chi connectivity index (χ1v) is 8.53. The summed E-state index contributed by atoms with van der Waals surface area (Å²) in [6.45, 7) is 2.00. The summed E-state index contributed by atoms with van der Waals surface area (Å²) in [6, 6.07) is 7.81. The number of nitrogens with zero attached hydrogens (tertiary/aromatic N) is 2. The largest absolute Gasteiger partial charge is 0.483 e. The molecule has 0 spiro atoms. The highest BCUT2D eigenvalue weighted by atomic mass is 35.5. The molecule has 0 radical (unpaired) electrons. The van der Waals surface area contributed by atoms with E-state index in [9.17, 15) is 0 Å². The summed E-state index contributed by atoms with van der Waals surface area (Å²) in [5.41, 5.74) is 0. The highest BCUT2D eigenvalue weighted by molar-refractivity contribution is 7.71. The summed E-state index contributed by atoms with van der Waals surface area (Å²) in [5, 5.41) is 8.02. The minimum absolute atomic E-state index is 0.170. The second-order valence-corrected chi connectivity index (χ2v) is 6.59. The fourth-order valence-electron chi connectivity index (χ4n) is 3.07. The molecule has 1 aromatic carbocycles. The molecule has 22 heavy (non-hydrogen) atoms. The van der Waals surface area contributed by atoms with Crippen LogP contribution in [0.4, 0.5) is 0 Å². The molecular weight excluding hydrogens is 318 g/mol. The zero-order valence-electron chi connectivity index (χ0n) is 12.6. The average molecular weight is 338 g/mol. The summed E-state index contributed by atoms with van der Waals surface area (Å²) in [4.78, 5) is 0. The van der Waals surface area contributed by atoms with Crippen LogP contribution >= 0.6 is 23.8 Å². The number of H-pyrrole nitrogens is 1. The predicted octanol–water partition coefficient (Wildman–Crippen LogP) is 5.24. The Hall–Kier alpha value is -1.33. The third-order valence-electron chi connectivity index (χ3n) is 4.16. The topological polar surface area (TPSA) is 42.8 Å². The summed E-state index contributed by atoms with van der Waals surface area (Å²) >= 11 is 11.3. The average Bonchev–Trinajstić information content (AvgIpc) is 2.92. The normalized spacial score (nSPS) is 17.4. The first-order valence-electron chi connectivity index (χ1n) is 7.74. The monoisotopic (exact) mass is 337 g/mol. The number of halogens is 1. The van der Waals surface area contributed by atoms with Crippen molar-refractivity contribution in [3.8, 4) is 5.75 Å². The molecule has 1 aliphatic carbocycles. The van der Waals surface area contributed by atoms with Crippen LogP contribution in [0.2, 0.25) is 5.02 Å². The van der Waals surface area contributed by atoms with Crippen LogP contribution in [0.3, 0.4) is 0 Å². The fourth-order valence-corrected chi connectivity index (χ4v) is 3.48. The van der Waals surface area contributed by atoms with E-state index in [1.165, 1.54) is 19.3 Å². The molecule has 0 saturated heterocycles. The predicted molar refractivity (Wildman–Crippen MR) is 90.0 cm³/mol. The second-order valence-electron chi connectivity index (χ2n) is 5.76. The van der Waals surface area contributed by atoms with E-state index in [1.54, 1.807) is 0 Å². The number of aromatic nitrogens is 3. The molecule has 0 aliphatic heterocycles. The van der Waals surface area contributed by atoms with Gasteiger partial charge in [0.05, 0.1) is 0 Å². The molecule has 3 rings (SSSR count). The molecule has 6 heteroatoms. The number of hydrogen-bond acceptors (Lipinski definition) is 3. The second kappa shape index (κ2) is 6.84. The van der Waals surface area contributed by atoms with E-state index in [0.29, 0.717) is 15.8 Å². The van der Waals surface area contributed by atoms with Crippen molar-refractivity contribution >= 4 is 23.8 Å². The van der Waals surface area contributed by atoms with Gasteiger partial charge in [-0.15, -0.1) is 0 Å². The maximum absolute atomic E-state index is 5.99. The van der Waals surface area contributed by atoms with Crippen molar-refractivity contribution in [2.45, 2.75) is 51.2 Å². The Labute approximate surface area is 140 Å². The lowest BCUT2D eigenvalue weighted by Crippen LogP contribution is -2.19. The van der Waals surface area contributed by atoms with Gasteiger partial charge in [-0.25, -0.2) is 0 Å². The van der Waals surface area contributed by atoms with E-state index in [0.717, 1.165) is 24.4 Å². The highest BCUT2D eigenvalue weighted by Gasteiger charge is 2.23. The molecule has 0 amide bonds. The molecule has 118 valence electrons. The van der Waals surface area contributed by atoms with Crippen LogP contribution in [-0.2, 0) is 0 Å². The first kappa shape index (κ1) is 15.6. The Kier molecular flexibility index (Phi) is 4.84. The van der Waals surface area contributed by atoms with Crippen molar-refractivity contribution in [2.75, 3.05) is 0 Å². The Morgan fingerprint density at radius 2 is 1.95 bits per heavy atom. The van der Waals surface area contributed by atoms with Crippen LogP contribution in [0.1, 0.15) is 57.0 Å². The maximum Gasteiger partial charge on any atom is 0.195 e. The molecule has 1 saturated carbocycles. The molecule has 1 atom stereocenters. The number of nitrogens with one attached hydrogen (secondary N) is 1. The third-order valence-corrected chi connectivity index (χ3v) is 4.70. The molecular formula is C16H20ClN3OS. The summed E-state index contributed by atoms with van der Waals surface area (Å²) in [5.74, 6) is 1.65. The maximum atomic E-state index is 5.99. The zero-order chi connectivity index (χ0) is 15.5. The molecule has 1 unspecified atom stereocenters. The lowest BCUT2D eigenvalue weighted by Gasteiger charge is -2.25. The van der Waals surface area contributed by atoms with Gasteiger partial charge in [-0.3, -0.25) is 9.67 Å². The van der Waals surface area contributed by atoms with Crippen molar-refractivity contribution in [2.24, 2.45) is 0 Å². The number of ether oxygens (including phenoxy) is 1. The van der Waals surface area contributed by atoms with Crippen LogP contribution in [0.15, 0.2) is 24.3 Å². The fraction of sp³-hybridized carbons (Fsp3) is 0.500. The Bertz CT molecular complexity index is 673. The van der Waals surface area contributed by atoms with Gasteiger partial charge in [-0.05, 0) is 56.2 Å². The third kappa shape index (κ3) is 3.36. The van der Waals surface area contributed by atoms with Gasteiger partial charge in [-0.2, -0.15) is 5.10 Å². The van der Waals surface area contributed by atoms with Crippen molar-refractivity contribution in [3.63, 3.8) is 0 Å². The van der Waals surface area contributed by atoms with Gasteiger partial charge in [0.15, 0.2) is 16.7 Å². The minimum Gasteiger partial charge on any atom is -0.483 e. The number of hydrogen-bond donors (Lipinski definition) is 1. The Morgan fingerprint density at radius 3 is 2.64 bits per heavy atom. The molecule has 1 aromatic heterocycles. The summed E-state index contributed by atoms with van der Waals surface area (Å²) < 4.78 is 8.83. The summed E-state index contributed by atoms with van der Waals surface area (Å²) in [6.07, 6.45) is 5.97. The van der Waals surface area contributed by atoms with Crippen molar-refractivity contribution in [1.29, 1.82) is 0 Å². The van der Waals surface area contributed by atoms with E-state index < -0.39 is 0 Å². The van der Waals surface area contributed by atoms with Crippen molar-refractivity contribution < 1.29 is 4.74 Å². The number of rotatable bonds is 4. The van der Waals surface area contributed by atoms with Gasteiger partial charge in [0.2, 0.25) is 0 Å². The van der Waals surface area contributed by atoms with Gasteiger partial charge in [0.1, 0.15) is 5.75 Å². The van der Waals surface area contributed by atoms with E-state index in [-0.39, 0.29) is 6.10 Å². The molecule has 0 bridgehead atoms. The highest BCUT2D eigenvalue weighted by Crippen LogP contribution is 2.31. The SMILES string of the molecule is CC(Oc1ccc(Cl)cc1)c1n[nH]c(=S)n1C1CCCCC1.